The standard InChI is InChI=1S/C9H14N.ClH/c1-3-9-5-7-10(4-2)8-6-9;/h5-8H,3-4H2,1-2H3;1H/q+1;/p-1. The molecule has 1 aromatic heterocycles. The van der Waals surface area contributed by atoms with Gasteiger partial charge in [-0.3, -0.25) is 0 Å². The van der Waals surface area contributed by atoms with Crippen molar-refractivity contribution < 1.29 is 17.0 Å². The number of aromatic nitrogens is 1. The van der Waals surface area contributed by atoms with Crippen molar-refractivity contribution in [3.05, 3.63) is 30.1 Å². The minimum Gasteiger partial charge on any atom is -1.00 e. The largest absolute Gasteiger partial charge is 1.00 e. The van der Waals surface area contributed by atoms with Gasteiger partial charge in [0.15, 0.2) is 12.4 Å². The van der Waals surface area contributed by atoms with E-state index in [1.54, 1.807) is 0 Å². The first-order valence-corrected chi connectivity index (χ1v) is 3.84. The lowest BCUT2D eigenvalue weighted by molar-refractivity contribution is -0.693. The van der Waals surface area contributed by atoms with Gasteiger partial charge in [0.1, 0.15) is 6.54 Å². The molecular formula is C9H14ClN. The fourth-order valence-electron chi connectivity index (χ4n) is 0.935. The Morgan fingerprint density at radius 1 is 1.18 bits per heavy atom. The summed E-state index contributed by atoms with van der Waals surface area (Å²) in [6, 6.07) is 4.34. The van der Waals surface area contributed by atoms with Crippen LogP contribution in [0.2, 0.25) is 0 Å². The second kappa shape index (κ2) is 5.14. The third-order valence-corrected chi connectivity index (χ3v) is 1.73. The summed E-state index contributed by atoms with van der Waals surface area (Å²) in [5.74, 6) is 0. The molecule has 0 aromatic carbocycles. The molecule has 0 amide bonds. The lowest BCUT2D eigenvalue weighted by atomic mass is 10.2. The fourth-order valence-corrected chi connectivity index (χ4v) is 0.935. The molecule has 0 aliphatic rings. The highest BCUT2D eigenvalue weighted by Gasteiger charge is 1.93. The third kappa shape index (κ3) is 2.89. The summed E-state index contributed by atoms with van der Waals surface area (Å²) in [5.41, 5.74) is 1.41. The number of hydrogen-bond acceptors (Lipinski definition) is 0. The van der Waals surface area contributed by atoms with Gasteiger partial charge >= 0.3 is 0 Å². The van der Waals surface area contributed by atoms with E-state index in [1.807, 2.05) is 0 Å². The topological polar surface area (TPSA) is 3.88 Å². The predicted molar refractivity (Wildman–Crippen MR) is 41.7 cm³/mol. The van der Waals surface area contributed by atoms with Crippen LogP contribution in [0.5, 0.6) is 0 Å². The van der Waals surface area contributed by atoms with Gasteiger partial charge in [0.2, 0.25) is 0 Å². The molecule has 1 heterocycles. The highest BCUT2D eigenvalue weighted by atomic mass is 35.5. The SMILES string of the molecule is CCc1cc[n+](CC)cc1.[Cl-]. The molecule has 0 fully saturated rings. The first kappa shape index (κ1) is 10.4. The van der Waals surface area contributed by atoms with Crippen LogP contribution < -0.4 is 17.0 Å². The zero-order chi connectivity index (χ0) is 7.40. The van der Waals surface area contributed by atoms with Crippen LogP contribution >= 0.6 is 0 Å². The molecule has 0 N–H and O–H groups in total. The Bertz CT molecular complexity index is 170. The van der Waals surface area contributed by atoms with Crippen molar-refractivity contribution in [1.29, 1.82) is 0 Å². The molecule has 0 aliphatic carbocycles. The Labute approximate surface area is 74.5 Å². The molecule has 0 radical (unpaired) electrons. The molecule has 0 unspecified atom stereocenters. The number of rotatable bonds is 2. The molecule has 0 aliphatic heterocycles. The molecule has 2 heteroatoms. The van der Waals surface area contributed by atoms with Gasteiger partial charge in [0.25, 0.3) is 0 Å². The average Bonchev–Trinajstić information content (AvgIpc) is 2.05. The minimum atomic E-state index is 0. The molecule has 11 heavy (non-hydrogen) atoms. The van der Waals surface area contributed by atoms with E-state index in [-0.39, 0.29) is 12.4 Å². The van der Waals surface area contributed by atoms with Crippen LogP contribution in [0.4, 0.5) is 0 Å². The monoisotopic (exact) mass is 171 g/mol. The van der Waals surface area contributed by atoms with Crippen molar-refractivity contribution in [2.75, 3.05) is 0 Å². The van der Waals surface area contributed by atoms with Gasteiger partial charge in [-0.2, -0.15) is 0 Å². The maximum Gasteiger partial charge on any atom is 0.169 e. The lowest BCUT2D eigenvalue weighted by Gasteiger charge is -1.93. The van der Waals surface area contributed by atoms with E-state index < -0.39 is 0 Å². The summed E-state index contributed by atoms with van der Waals surface area (Å²) in [5, 5.41) is 0. The van der Waals surface area contributed by atoms with Crippen molar-refractivity contribution in [3.63, 3.8) is 0 Å². The van der Waals surface area contributed by atoms with Crippen LogP contribution in [0.3, 0.4) is 0 Å². The Hall–Kier alpha value is -0.560. The third-order valence-electron chi connectivity index (χ3n) is 1.73. The fraction of sp³-hybridized carbons (Fsp3) is 0.444. The Morgan fingerprint density at radius 3 is 2.09 bits per heavy atom. The predicted octanol–water partition coefficient (Wildman–Crippen LogP) is -1.44. The lowest BCUT2D eigenvalue weighted by Crippen LogP contribution is -3.00. The van der Waals surface area contributed by atoms with Gasteiger partial charge in [0.05, 0.1) is 0 Å². The highest BCUT2D eigenvalue weighted by molar-refractivity contribution is 5.06. The van der Waals surface area contributed by atoms with Crippen LogP contribution in [-0.4, -0.2) is 0 Å². The maximum absolute atomic E-state index is 2.17. The van der Waals surface area contributed by atoms with Crippen molar-refractivity contribution in [3.8, 4) is 0 Å². The van der Waals surface area contributed by atoms with Crippen molar-refractivity contribution >= 4 is 0 Å². The van der Waals surface area contributed by atoms with E-state index in [4.69, 9.17) is 0 Å². The van der Waals surface area contributed by atoms with Gasteiger partial charge in [0, 0.05) is 12.1 Å². The van der Waals surface area contributed by atoms with Crippen LogP contribution in [0.1, 0.15) is 19.4 Å². The normalized spacial score (nSPS) is 8.91. The summed E-state index contributed by atoms with van der Waals surface area (Å²) < 4.78 is 2.17. The first-order valence-electron chi connectivity index (χ1n) is 3.84. The molecule has 1 nitrogen and oxygen atoms in total. The molecule has 62 valence electrons. The van der Waals surface area contributed by atoms with Gasteiger partial charge in [-0.15, -0.1) is 0 Å². The number of pyridine rings is 1. The first-order chi connectivity index (χ1) is 4.86. The van der Waals surface area contributed by atoms with Crippen molar-refractivity contribution in [1.82, 2.24) is 0 Å². The minimum absolute atomic E-state index is 0. The molecule has 1 rings (SSSR count). The maximum atomic E-state index is 2.17. The smallest absolute Gasteiger partial charge is 0.169 e. The molecule has 0 saturated heterocycles. The molecule has 0 bridgehead atoms. The quantitative estimate of drug-likeness (QED) is 0.480. The number of aryl methyl sites for hydroxylation is 2. The Morgan fingerprint density at radius 2 is 1.73 bits per heavy atom. The molecule has 0 saturated carbocycles. The van der Waals surface area contributed by atoms with Crippen LogP contribution in [0, 0.1) is 0 Å². The van der Waals surface area contributed by atoms with Crippen molar-refractivity contribution in [2.45, 2.75) is 26.8 Å². The van der Waals surface area contributed by atoms with E-state index in [2.05, 4.69) is 42.9 Å². The zero-order valence-corrected chi connectivity index (χ0v) is 7.80. The van der Waals surface area contributed by atoms with E-state index in [1.165, 1.54) is 5.56 Å². The number of halogens is 1. The van der Waals surface area contributed by atoms with Gasteiger partial charge in [-0.25, -0.2) is 4.57 Å². The summed E-state index contributed by atoms with van der Waals surface area (Å²) in [6.07, 6.45) is 5.38. The summed E-state index contributed by atoms with van der Waals surface area (Å²) in [4.78, 5) is 0. The molecule has 1 aromatic rings. The zero-order valence-electron chi connectivity index (χ0n) is 7.05. The average molecular weight is 172 g/mol. The van der Waals surface area contributed by atoms with E-state index in [0.717, 1.165) is 13.0 Å². The van der Waals surface area contributed by atoms with E-state index >= 15 is 0 Å². The summed E-state index contributed by atoms with van der Waals surface area (Å²) >= 11 is 0. The van der Waals surface area contributed by atoms with Crippen LogP contribution in [-0.2, 0) is 13.0 Å². The Kier molecular flexibility index (Phi) is 4.88. The molecule has 0 atom stereocenters. The van der Waals surface area contributed by atoms with Gasteiger partial charge < -0.3 is 12.4 Å². The van der Waals surface area contributed by atoms with E-state index in [0.29, 0.717) is 0 Å². The second-order valence-electron chi connectivity index (χ2n) is 2.39. The summed E-state index contributed by atoms with van der Waals surface area (Å²) in [7, 11) is 0. The van der Waals surface area contributed by atoms with Crippen LogP contribution in [0.25, 0.3) is 0 Å². The van der Waals surface area contributed by atoms with Crippen LogP contribution in [0.15, 0.2) is 24.5 Å². The molecule has 0 spiro atoms. The number of nitrogens with zero attached hydrogens (tertiary/aromatic N) is 1. The van der Waals surface area contributed by atoms with Gasteiger partial charge in [-0.1, -0.05) is 6.92 Å². The molecular weight excluding hydrogens is 158 g/mol. The van der Waals surface area contributed by atoms with Crippen molar-refractivity contribution in [2.24, 2.45) is 0 Å². The van der Waals surface area contributed by atoms with Gasteiger partial charge in [-0.05, 0) is 18.9 Å². The second-order valence-corrected chi connectivity index (χ2v) is 2.39. The summed E-state index contributed by atoms with van der Waals surface area (Å²) in [6.45, 7) is 5.38. The van der Waals surface area contributed by atoms with E-state index in [9.17, 15) is 0 Å². The number of hydrogen-bond donors (Lipinski definition) is 0. The highest BCUT2D eigenvalue weighted by Crippen LogP contribution is 1.94. The Balaban J connectivity index is 0.000001000.